The van der Waals surface area contributed by atoms with E-state index in [1.807, 2.05) is 0 Å². The van der Waals surface area contributed by atoms with Gasteiger partial charge in [0.2, 0.25) is 0 Å². The van der Waals surface area contributed by atoms with Gasteiger partial charge in [0.1, 0.15) is 0 Å². The minimum atomic E-state index is -0.320. The largest absolute Gasteiger partial charge is 0.350 e. The first-order valence-corrected chi connectivity index (χ1v) is 7.25. The SMILES string of the molecule is O=C(NCCNC(=O)c1ccc(Cl)cc1Cl)c1ccncc1. The molecule has 0 fully saturated rings. The summed E-state index contributed by atoms with van der Waals surface area (Å²) >= 11 is 11.7. The summed E-state index contributed by atoms with van der Waals surface area (Å²) in [7, 11) is 0. The molecule has 0 bridgehead atoms. The second-order valence-corrected chi connectivity index (χ2v) is 5.22. The molecule has 0 saturated heterocycles. The smallest absolute Gasteiger partial charge is 0.252 e. The lowest BCUT2D eigenvalue weighted by Crippen LogP contribution is -2.34. The Morgan fingerprint density at radius 1 is 0.955 bits per heavy atom. The predicted octanol–water partition coefficient (Wildman–Crippen LogP) is 2.55. The molecule has 2 N–H and O–H groups in total. The topological polar surface area (TPSA) is 71.1 Å². The highest BCUT2D eigenvalue weighted by Gasteiger charge is 2.10. The third kappa shape index (κ3) is 4.44. The molecule has 0 aliphatic carbocycles. The van der Waals surface area contributed by atoms with E-state index in [4.69, 9.17) is 23.2 Å². The number of amides is 2. The first kappa shape index (κ1) is 16.3. The van der Waals surface area contributed by atoms with Crippen molar-refractivity contribution in [2.75, 3.05) is 13.1 Å². The third-order valence-electron chi connectivity index (χ3n) is 2.81. The number of halogens is 2. The number of aromatic nitrogens is 1. The van der Waals surface area contributed by atoms with Crippen LogP contribution in [0.3, 0.4) is 0 Å². The molecular formula is C15H13Cl2N3O2. The van der Waals surface area contributed by atoms with Crippen LogP contribution in [0.2, 0.25) is 10.0 Å². The van der Waals surface area contributed by atoms with Crippen molar-refractivity contribution in [2.24, 2.45) is 0 Å². The van der Waals surface area contributed by atoms with Crippen LogP contribution >= 0.6 is 23.2 Å². The predicted molar refractivity (Wildman–Crippen MR) is 85.4 cm³/mol. The van der Waals surface area contributed by atoms with Gasteiger partial charge in [0.25, 0.3) is 11.8 Å². The second kappa shape index (κ2) is 7.77. The van der Waals surface area contributed by atoms with Gasteiger partial charge < -0.3 is 10.6 Å². The average molecular weight is 338 g/mol. The molecule has 0 aliphatic heterocycles. The summed E-state index contributed by atoms with van der Waals surface area (Å²) in [5, 5.41) is 6.11. The average Bonchev–Trinajstić information content (AvgIpc) is 2.52. The Bertz CT molecular complexity index is 678. The maximum absolute atomic E-state index is 11.9. The lowest BCUT2D eigenvalue weighted by atomic mass is 10.2. The highest BCUT2D eigenvalue weighted by molar-refractivity contribution is 6.36. The van der Waals surface area contributed by atoms with E-state index in [1.54, 1.807) is 36.7 Å². The van der Waals surface area contributed by atoms with Crippen molar-refractivity contribution in [1.29, 1.82) is 0 Å². The van der Waals surface area contributed by atoms with Crippen LogP contribution in [0.5, 0.6) is 0 Å². The highest BCUT2D eigenvalue weighted by Crippen LogP contribution is 2.20. The molecule has 0 aliphatic rings. The number of nitrogens with one attached hydrogen (secondary N) is 2. The Morgan fingerprint density at radius 3 is 2.23 bits per heavy atom. The molecular weight excluding hydrogens is 325 g/mol. The molecule has 1 aromatic heterocycles. The first-order chi connectivity index (χ1) is 10.6. The molecule has 0 atom stereocenters. The summed E-state index contributed by atoms with van der Waals surface area (Å²) in [5.74, 6) is -0.541. The van der Waals surface area contributed by atoms with Crippen molar-refractivity contribution >= 4 is 35.0 Å². The quantitative estimate of drug-likeness (QED) is 0.823. The van der Waals surface area contributed by atoms with Crippen molar-refractivity contribution in [2.45, 2.75) is 0 Å². The number of carbonyl (C=O) groups is 2. The fourth-order valence-corrected chi connectivity index (χ4v) is 2.22. The van der Waals surface area contributed by atoms with Crippen molar-refractivity contribution in [3.63, 3.8) is 0 Å². The molecule has 0 radical (unpaired) electrons. The highest BCUT2D eigenvalue weighted by atomic mass is 35.5. The summed E-state index contributed by atoms with van der Waals surface area (Å²) < 4.78 is 0. The molecule has 0 unspecified atom stereocenters. The number of carbonyl (C=O) groups excluding carboxylic acids is 2. The van der Waals surface area contributed by atoms with E-state index in [1.165, 1.54) is 6.07 Å². The van der Waals surface area contributed by atoms with E-state index >= 15 is 0 Å². The Labute approximate surface area is 137 Å². The van der Waals surface area contributed by atoms with E-state index in [0.29, 0.717) is 22.7 Å². The van der Waals surface area contributed by atoms with E-state index < -0.39 is 0 Å². The molecule has 114 valence electrons. The number of hydrogen-bond donors (Lipinski definition) is 2. The molecule has 0 saturated carbocycles. The Hall–Kier alpha value is -2.11. The van der Waals surface area contributed by atoms with Crippen LogP contribution < -0.4 is 10.6 Å². The van der Waals surface area contributed by atoms with Gasteiger partial charge in [-0.3, -0.25) is 14.6 Å². The lowest BCUT2D eigenvalue weighted by Gasteiger charge is -2.08. The van der Waals surface area contributed by atoms with Gasteiger partial charge >= 0.3 is 0 Å². The van der Waals surface area contributed by atoms with Gasteiger partial charge in [-0.05, 0) is 30.3 Å². The van der Waals surface area contributed by atoms with Crippen molar-refractivity contribution in [3.05, 3.63) is 63.9 Å². The summed E-state index contributed by atoms with van der Waals surface area (Å²) in [6, 6.07) is 7.87. The Morgan fingerprint density at radius 2 is 1.59 bits per heavy atom. The van der Waals surface area contributed by atoms with Crippen LogP contribution in [0.15, 0.2) is 42.7 Å². The zero-order valence-corrected chi connectivity index (χ0v) is 13.0. The lowest BCUT2D eigenvalue weighted by molar-refractivity contribution is 0.0927. The minimum absolute atomic E-state index is 0.221. The monoisotopic (exact) mass is 337 g/mol. The molecule has 0 spiro atoms. The maximum atomic E-state index is 11.9. The summed E-state index contributed by atoms with van der Waals surface area (Å²) in [6.07, 6.45) is 3.08. The molecule has 7 heteroatoms. The fraction of sp³-hybridized carbons (Fsp3) is 0.133. The summed E-state index contributed by atoms with van der Waals surface area (Å²) in [4.78, 5) is 27.5. The van der Waals surface area contributed by atoms with Gasteiger partial charge in [-0.25, -0.2) is 0 Å². The van der Waals surface area contributed by atoms with Crippen molar-refractivity contribution in [3.8, 4) is 0 Å². The van der Waals surface area contributed by atoms with E-state index in [0.717, 1.165) is 0 Å². The Balaban J connectivity index is 1.79. The molecule has 2 aromatic rings. The van der Waals surface area contributed by atoms with Crippen LogP contribution in [-0.2, 0) is 0 Å². The fourth-order valence-electron chi connectivity index (χ4n) is 1.73. The molecule has 5 nitrogen and oxygen atoms in total. The second-order valence-electron chi connectivity index (χ2n) is 4.37. The van der Waals surface area contributed by atoms with Crippen LogP contribution in [0.4, 0.5) is 0 Å². The first-order valence-electron chi connectivity index (χ1n) is 6.49. The van der Waals surface area contributed by atoms with Crippen LogP contribution in [0.25, 0.3) is 0 Å². The summed E-state index contributed by atoms with van der Waals surface area (Å²) in [5.41, 5.74) is 0.855. The van der Waals surface area contributed by atoms with Crippen LogP contribution in [0.1, 0.15) is 20.7 Å². The number of hydrogen-bond acceptors (Lipinski definition) is 3. The summed E-state index contributed by atoms with van der Waals surface area (Å²) in [6.45, 7) is 0.590. The molecule has 1 aromatic carbocycles. The van der Waals surface area contributed by atoms with Gasteiger partial charge in [-0.2, -0.15) is 0 Å². The van der Waals surface area contributed by atoms with Gasteiger partial charge in [0, 0.05) is 36.1 Å². The maximum Gasteiger partial charge on any atom is 0.252 e. The number of pyridine rings is 1. The van der Waals surface area contributed by atoms with Crippen molar-refractivity contribution in [1.82, 2.24) is 15.6 Å². The van der Waals surface area contributed by atoms with E-state index in [9.17, 15) is 9.59 Å². The van der Waals surface area contributed by atoms with Crippen molar-refractivity contribution < 1.29 is 9.59 Å². The number of rotatable bonds is 5. The third-order valence-corrected chi connectivity index (χ3v) is 3.36. The minimum Gasteiger partial charge on any atom is -0.350 e. The van der Waals surface area contributed by atoms with Gasteiger partial charge in [0.15, 0.2) is 0 Å². The van der Waals surface area contributed by atoms with Gasteiger partial charge in [-0.1, -0.05) is 23.2 Å². The zero-order valence-electron chi connectivity index (χ0n) is 11.5. The van der Waals surface area contributed by atoms with E-state index in [2.05, 4.69) is 15.6 Å². The standard InChI is InChI=1S/C15H13Cl2N3O2/c16-11-1-2-12(13(17)9-11)15(22)20-8-7-19-14(21)10-3-5-18-6-4-10/h1-6,9H,7-8H2,(H,19,21)(H,20,22). The van der Waals surface area contributed by atoms with Crippen LogP contribution in [-0.4, -0.2) is 29.9 Å². The molecule has 2 rings (SSSR count). The van der Waals surface area contributed by atoms with E-state index in [-0.39, 0.29) is 23.4 Å². The van der Waals surface area contributed by atoms with Crippen LogP contribution in [0, 0.1) is 0 Å². The normalized spacial score (nSPS) is 10.1. The number of benzene rings is 1. The Kier molecular flexibility index (Phi) is 5.75. The number of nitrogens with zero attached hydrogens (tertiary/aromatic N) is 1. The zero-order chi connectivity index (χ0) is 15.9. The molecule has 1 heterocycles. The van der Waals surface area contributed by atoms with Gasteiger partial charge in [-0.15, -0.1) is 0 Å². The molecule has 22 heavy (non-hydrogen) atoms. The molecule has 2 amide bonds. The van der Waals surface area contributed by atoms with Gasteiger partial charge in [0.05, 0.1) is 10.6 Å².